The molecule has 0 radical (unpaired) electrons. The van der Waals surface area contributed by atoms with Gasteiger partial charge in [-0.3, -0.25) is 4.79 Å². The van der Waals surface area contributed by atoms with Crippen LogP contribution in [0.3, 0.4) is 0 Å². The van der Waals surface area contributed by atoms with Crippen molar-refractivity contribution in [1.82, 2.24) is 4.90 Å². The van der Waals surface area contributed by atoms with Crippen LogP contribution in [0.5, 0.6) is 0 Å². The Balaban J connectivity index is 2.42. The van der Waals surface area contributed by atoms with E-state index < -0.39 is 12.0 Å². The summed E-state index contributed by atoms with van der Waals surface area (Å²) < 4.78 is 1.06. The fourth-order valence-corrected chi connectivity index (χ4v) is 1.89. The summed E-state index contributed by atoms with van der Waals surface area (Å²) in [5, 5.41) is 8.68. The van der Waals surface area contributed by atoms with Gasteiger partial charge in [0.25, 0.3) is 0 Å². The Kier molecular flexibility index (Phi) is 5.61. The van der Waals surface area contributed by atoms with Gasteiger partial charge in [0.15, 0.2) is 0 Å². The first kappa shape index (κ1) is 14.2. The Morgan fingerprint density at radius 1 is 1.53 bits per heavy atom. The molecule has 0 fully saturated rings. The van der Waals surface area contributed by atoms with Crippen LogP contribution in [0.25, 0.3) is 0 Å². The van der Waals surface area contributed by atoms with Gasteiger partial charge in [0, 0.05) is 17.6 Å². The van der Waals surface area contributed by atoms with Crippen molar-refractivity contribution in [3.8, 4) is 0 Å². The normalized spacial score (nSPS) is 12.7. The predicted molar refractivity (Wildman–Crippen MR) is 70.7 cm³/mol. The van der Waals surface area contributed by atoms with E-state index in [9.17, 15) is 4.79 Å². The molecule has 0 bridgehead atoms. The van der Waals surface area contributed by atoms with Gasteiger partial charge >= 0.3 is 5.97 Å². The molecule has 1 aromatic rings. The Bertz CT molecular complexity index is 385. The van der Waals surface area contributed by atoms with Crippen molar-refractivity contribution in [3.05, 3.63) is 34.3 Å². The minimum Gasteiger partial charge on any atom is -0.480 e. The van der Waals surface area contributed by atoms with Crippen LogP contribution in [-0.2, 0) is 11.3 Å². The van der Waals surface area contributed by atoms with Crippen LogP contribution in [0, 0.1) is 0 Å². The van der Waals surface area contributed by atoms with Crippen molar-refractivity contribution in [2.24, 2.45) is 5.73 Å². The lowest BCUT2D eigenvalue weighted by Crippen LogP contribution is -2.34. The molecule has 1 unspecified atom stereocenters. The Labute approximate surface area is 110 Å². The first-order valence-electron chi connectivity index (χ1n) is 5.41. The minimum absolute atomic E-state index is 0.455. The van der Waals surface area contributed by atoms with Crippen LogP contribution < -0.4 is 5.73 Å². The molecule has 0 spiro atoms. The van der Waals surface area contributed by atoms with Crippen molar-refractivity contribution >= 4 is 21.9 Å². The lowest BCUT2D eigenvalue weighted by Gasteiger charge is -2.18. The molecule has 1 aromatic carbocycles. The molecule has 0 aromatic heterocycles. The zero-order valence-electron chi connectivity index (χ0n) is 9.77. The molecule has 0 saturated heterocycles. The standard InChI is InChI=1S/C12H17BrN2O2/c1-15(7-6-11(14)12(16)17)8-9-4-2-3-5-10(9)13/h2-5,11H,6-8,14H2,1H3,(H,16,17). The first-order chi connectivity index (χ1) is 8.00. The highest BCUT2D eigenvalue weighted by Gasteiger charge is 2.12. The second-order valence-corrected chi connectivity index (χ2v) is 4.92. The van der Waals surface area contributed by atoms with Crippen LogP contribution in [-0.4, -0.2) is 35.6 Å². The zero-order chi connectivity index (χ0) is 12.8. The average molecular weight is 301 g/mol. The number of carboxylic acid groups (broad SMARTS) is 1. The van der Waals surface area contributed by atoms with E-state index in [1.807, 2.05) is 31.3 Å². The maximum atomic E-state index is 10.6. The summed E-state index contributed by atoms with van der Waals surface area (Å²) in [6, 6.07) is 7.20. The van der Waals surface area contributed by atoms with E-state index in [0.29, 0.717) is 13.0 Å². The van der Waals surface area contributed by atoms with Crippen molar-refractivity contribution in [2.45, 2.75) is 19.0 Å². The quantitative estimate of drug-likeness (QED) is 0.839. The Hall–Kier alpha value is -0.910. The second kappa shape index (κ2) is 6.74. The Morgan fingerprint density at radius 3 is 2.76 bits per heavy atom. The molecule has 0 amide bonds. The topological polar surface area (TPSA) is 66.6 Å². The molecule has 1 atom stereocenters. The number of carboxylic acids is 1. The molecule has 5 heteroatoms. The number of aliphatic carboxylic acids is 1. The van der Waals surface area contributed by atoms with E-state index in [-0.39, 0.29) is 0 Å². The monoisotopic (exact) mass is 300 g/mol. The number of carbonyl (C=O) groups is 1. The van der Waals surface area contributed by atoms with Gasteiger partial charge < -0.3 is 15.7 Å². The molecule has 94 valence electrons. The van der Waals surface area contributed by atoms with Crippen LogP contribution in [0.2, 0.25) is 0 Å². The van der Waals surface area contributed by atoms with E-state index in [4.69, 9.17) is 10.8 Å². The molecule has 0 saturated carbocycles. The number of nitrogens with zero attached hydrogens (tertiary/aromatic N) is 1. The number of hydrogen-bond acceptors (Lipinski definition) is 3. The van der Waals surface area contributed by atoms with Crippen molar-refractivity contribution in [2.75, 3.05) is 13.6 Å². The van der Waals surface area contributed by atoms with Gasteiger partial charge in [-0.2, -0.15) is 0 Å². The molecular weight excluding hydrogens is 284 g/mol. The maximum Gasteiger partial charge on any atom is 0.320 e. The molecule has 0 aliphatic heterocycles. The van der Waals surface area contributed by atoms with Gasteiger partial charge in [0.2, 0.25) is 0 Å². The lowest BCUT2D eigenvalue weighted by atomic mass is 10.2. The van der Waals surface area contributed by atoms with E-state index in [0.717, 1.165) is 11.0 Å². The summed E-state index contributed by atoms with van der Waals surface area (Å²) in [6.45, 7) is 1.43. The molecule has 3 N–H and O–H groups in total. The van der Waals surface area contributed by atoms with Crippen LogP contribution in [0.4, 0.5) is 0 Å². The molecular formula is C12H17BrN2O2. The summed E-state index contributed by atoms with van der Waals surface area (Å²) in [4.78, 5) is 12.6. The lowest BCUT2D eigenvalue weighted by molar-refractivity contribution is -0.138. The van der Waals surface area contributed by atoms with Crippen LogP contribution >= 0.6 is 15.9 Å². The molecule has 1 rings (SSSR count). The molecule has 0 heterocycles. The third-order valence-electron chi connectivity index (χ3n) is 2.54. The average Bonchev–Trinajstić information content (AvgIpc) is 2.29. The highest BCUT2D eigenvalue weighted by molar-refractivity contribution is 9.10. The number of benzene rings is 1. The van der Waals surface area contributed by atoms with Crippen molar-refractivity contribution in [1.29, 1.82) is 0 Å². The van der Waals surface area contributed by atoms with Crippen molar-refractivity contribution < 1.29 is 9.90 Å². The number of hydrogen-bond donors (Lipinski definition) is 2. The van der Waals surface area contributed by atoms with Gasteiger partial charge in [0.05, 0.1) is 0 Å². The predicted octanol–water partition coefficient (Wildman–Crippen LogP) is 1.68. The summed E-state index contributed by atoms with van der Waals surface area (Å²) in [5.41, 5.74) is 6.63. The highest BCUT2D eigenvalue weighted by atomic mass is 79.9. The van der Waals surface area contributed by atoms with E-state index in [2.05, 4.69) is 20.8 Å². The first-order valence-corrected chi connectivity index (χ1v) is 6.20. The smallest absolute Gasteiger partial charge is 0.320 e. The van der Waals surface area contributed by atoms with Gasteiger partial charge in [-0.15, -0.1) is 0 Å². The third kappa shape index (κ3) is 4.85. The fourth-order valence-electron chi connectivity index (χ4n) is 1.48. The maximum absolute atomic E-state index is 10.6. The van der Waals surface area contributed by atoms with Crippen molar-refractivity contribution in [3.63, 3.8) is 0 Å². The molecule has 4 nitrogen and oxygen atoms in total. The molecule has 0 aliphatic carbocycles. The summed E-state index contributed by atoms with van der Waals surface area (Å²) >= 11 is 3.48. The van der Waals surface area contributed by atoms with Crippen LogP contribution in [0.15, 0.2) is 28.7 Å². The van der Waals surface area contributed by atoms with Crippen LogP contribution in [0.1, 0.15) is 12.0 Å². The molecule has 17 heavy (non-hydrogen) atoms. The van der Waals surface area contributed by atoms with Gasteiger partial charge in [0.1, 0.15) is 6.04 Å². The van der Waals surface area contributed by atoms with E-state index in [1.165, 1.54) is 5.56 Å². The summed E-state index contributed by atoms with van der Waals surface area (Å²) in [7, 11) is 1.95. The fraction of sp³-hybridized carbons (Fsp3) is 0.417. The SMILES string of the molecule is CN(CCC(N)C(=O)O)Cc1ccccc1Br. The molecule has 0 aliphatic rings. The summed E-state index contributed by atoms with van der Waals surface area (Å²) in [5.74, 6) is -0.945. The number of rotatable bonds is 6. The number of nitrogens with two attached hydrogens (primary N) is 1. The van der Waals surface area contributed by atoms with E-state index >= 15 is 0 Å². The van der Waals surface area contributed by atoms with Gasteiger partial charge in [-0.25, -0.2) is 0 Å². The number of halogens is 1. The van der Waals surface area contributed by atoms with Gasteiger partial charge in [-0.05, 0) is 25.1 Å². The Morgan fingerprint density at radius 2 is 2.18 bits per heavy atom. The largest absolute Gasteiger partial charge is 0.480 e. The minimum atomic E-state index is -0.945. The highest BCUT2D eigenvalue weighted by Crippen LogP contribution is 2.17. The van der Waals surface area contributed by atoms with E-state index in [1.54, 1.807) is 0 Å². The summed E-state index contributed by atoms with van der Waals surface area (Å²) in [6.07, 6.45) is 0.455. The third-order valence-corrected chi connectivity index (χ3v) is 3.31. The second-order valence-electron chi connectivity index (χ2n) is 4.06. The van der Waals surface area contributed by atoms with Gasteiger partial charge in [-0.1, -0.05) is 34.1 Å². The zero-order valence-corrected chi connectivity index (χ0v) is 11.4.